The van der Waals surface area contributed by atoms with Crippen LogP contribution < -0.4 is 0 Å². The second-order valence-corrected chi connectivity index (χ2v) is 2.15. The molecule has 1 rings (SSSR count). The van der Waals surface area contributed by atoms with Gasteiger partial charge in [0.2, 0.25) is 0 Å². The zero-order chi connectivity index (χ0) is 7.40. The van der Waals surface area contributed by atoms with E-state index in [-0.39, 0.29) is 6.61 Å². The van der Waals surface area contributed by atoms with Gasteiger partial charge in [-0.1, -0.05) is 41.9 Å². The summed E-state index contributed by atoms with van der Waals surface area (Å²) in [4.78, 5) is 0. The smallest absolute Gasteiger partial charge is 0.0308 e. The van der Waals surface area contributed by atoms with E-state index in [4.69, 9.17) is 10.8 Å². The third kappa shape index (κ3) is 1.56. The summed E-state index contributed by atoms with van der Waals surface area (Å²) < 4.78 is 0. The average molecular weight is 136 g/mol. The second-order valence-electron chi connectivity index (χ2n) is 2.15. The molecular weight excluding hydrogens is 126 g/mol. The number of benzene rings is 1. The first kappa shape index (κ1) is 7.25. The Morgan fingerprint density at radius 3 is 2.40 bits per heavy atom. The number of hydrogen-bond acceptors (Lipinski definition) is 1. The molecule has 0 bridgehead atoms. The van der Waals surface area contributed by atoms with Gasteiger partial charge in [0.1, 0.15) is 0 Å². The Morgan fingerprint density at radius 1 is 1.30 bits per heavy atom. The molecule has 1 aromatic carbocycles. The van der Waals surface area contributed by atoms with E-state index in [1.165, 1.54) is 0 Å². The van der Waals surface area contributed by atoms with Crippen molar-refractivity contribution in [2.24, 2.45) is 0 Å². The van der Waals surface area contributed by atoms with Gasteiger partial charge >= 0.3 is 0 Å². The van der Waals surface area contributed by atoms with Crippen molar-refractivity contribution in [3.63, 3.8) is 0 Å². The molecule has 0 aromatic heterocycles. The topological polar surface area (TPSA) is 44.0 Å². The number of aliphatic hydroxyl groups is 1. The molecule has 1 atom stereocenters. The molecule has 0 aliphatic heterocycles. The van der Waals surface area contributed by atoms with E-state index >= 15 is 0 Å². The molecule has 2 heteroatoms. The molecule has 2 N–H and O–H groups in total. The fourth-order valence-corrected chi connectivity index (χ4v) is 0.791. The normalized spacial score (nSPS) is 13.0. The minimum atomic E-state index is -0.485. The Hall–Kier alpha value is -0.860. The Balaban J connectivity index is 2.75. The van der Waals surface area contributed by atoms with Crippen LogP contribution >= 0.6 is 0 Å². The SMILES string of the molecule is [NH-][C@@H](CO)c1ccccc1. The van der Waals surface area contributed by atoms with Gasteiger partial charge < -0.3 is 10.8 Å². The number of rotatable bonds is 2. The predicted molar refractivity (Wildman–Crippen MR) is 40.6 cm³/mol. The molecule has 1 aromatic rings. The summed E-state index contributed by atoms with van der Waals surface area (Å²) >= 11 is 0. The van der Waals surface area contributed by atoms with Gasteiger partial charge in [-0.25, -0.2) is 0 Å². The quantitative estimate of drug-likeness (QED) is 0.661. The van der Waals surface area contributed by atoms with Crippen LogP contribution in [0.4, 0.5) is 0 Å². The number of aliphatic hydroxyl groups excluding tert-OH is 1. The molecule has 0 aliphatic rings. The first-order valence-corrected chi connectivity index (χ1v) is 3.21. The first-order valence-electron chi connectivity index (χ1n) is 3.21. The zero-order valence-electron chi connectivity index (χ0n) is 5.62. The molecule has 0 saturated heterocycles. The fourth-order valence-electron chi connectivity index (χ4n) is 0.791. The van der Waals surface area contributed by atoms with Crippen molar-refractivity contribution in [1.82, 2.24) is 0 Å². The molecule has 0 fully saturated rings. The number of hydrogen-bond donors (Lipinski definition) is 1. The molecule has 2 nitrogen and oxygen atoms in total. The maximum absolute atomic E-state index is 8.60. The van der Waals surface area contributed by atoms with Crippen molar-refractivity contribution in [3.8, 4) is 0 Å². The summed E-state index contributed by atoms with van der Waals surface area (Å²) in [5, 5.41) is 8.60. The summed E-state index contributed by atoms with van der Waals surface area (Å²) in [7, 11) is 0. The van der Waals surface area contributed by atoms with Gasteiger partial charge in [-0.2, -0.15) is 0 Å². The van der Waals surface area contributed by atoms with Gasteiger partial charge in [0.15, 0.2) is 0 Å². The van der Waals surface area contributed by atoms with Gasteiger partial charge in [0.25, 0.3) is 0 Å². The zero-order valence-corrected chi connectivity index (χ0v) is 5.62. The van der Waals surface area contributed by atoms with Crippen LogP contribution in [0.1, 0.15) is 11.6 Å². The van der Waals surface area contributed by atoms with Gasteiger partial charge in [-0.3, -0.25) is 0 Å². The predicted octanol–water partition coefficient (Wildman–Crippen LogP) is 1.77. The maximum atomic E-state index is 8.60. The summed E-state index contributed by atoms with van der Waals surface area (Å²) in [5.41, 5.74) is 8.18. The molecule has 54 valence electrons. The van der Waals surface area contributed by atoms with Crippen molar-refractivity contribution >= 4 is 0 Å². The molecule has 0 spiro atoms. The van der Waals surface area contributed by atoms with Crippen molar-refractivity contribution in [3.05, 3.63) is 41.6 Å². The van der Waals surface area contributed by atoms with Gasteiger partial charge in [-0.15, -0.1) is 0 Å². The van der Waals surface area contributed by atoms with E-state index in [9.17, 15) is 0 Å². The number of nitrogens with one attached hydrogen (secondary N) is 1. The molecule has 0 heterocycles. The molecule has 10 heavy (non-hydrogen) atoms. The molecule has 0 saturated carbocycles. The highest BCUT2D eigenvalue weighted by atomic mass is 16.3. The average Bonchev–Trinajstić information content (AvgIpc) is 2.05. The Morgan fingerprint density at radius 2 is 1.90 bits per heavy atom. The Bertz CT molecular complexity index is 186. The van der Waals surface area contributed by atoms with E-state index in [0.29, 0.717) is 0 Å². The minimum Gasteiger partial charge on any atom is -0.669 e. The fraction of sp³-hybridized carbons (Fsp3) is 0.250. The third-order valence-corrected chi connectivity index (χ3v) is 1.38. The highest BCUT2D eigenvalue weighted by Gasteiger charge is 1.92. The summed E-state index contributed by atoms with van der Waals surface area (Å²) in [6.45, 7) is -0.107. The lowest BCUT2D eigenvalue weighted by molar-refractivity contribution is 0.283. The van der Waals surface area contributed by atoms with Crippen LogP contribution in [0.2, 0.25) is 0 Å². The molecule has 0 radical (unpaired) electrons. The van der Waals surface area contributed by atoms with E-state index < -0.39 is 6.04 Å². The summed E-state index contributed by atoms with van der Waals surface area (Å²) in [6.07, 6.45) is 0. The van der Waals surface area contributed by atoms with Gasteiger partial charge in [0.05, 0.1) is 0 Å². The molecular formula is C8H10NO-. The van der Waals surface area contributed by atoms with E-state index in [2.05, 4.69) is 0 Å². The van der Waals surface area contributed by atoms with E-state index in [0.717, 1.165) is 5.56 Å². The van der Waals surface area contributed by atoms with Gasteiger partial charge in [0, 0.05) is 6.61 Å². The third-order valence-electron chi connectivity index (χ3n) is 1.38. The molecule has 0 aliphatic carbocycles. The largest absolute Gasteiger partial charge is 0.669 e. The lowest BCUT2D eigenvalue weighted by Crippen LogP contribution is -1.96. The highest BCUT2D eigenvalue weighted by molar-refractivity contribution is 5.20. The molecule has 0 unspecified atom stereocenters. The van der Waals surface area contributed by atoms with E-state index in [1.807, 2.05) is 30.3 Å². The standard InChI is InChI=1S/C8H10NO/c9-8(6-10)7-4-2-1-3-5-7/h1-5,8-10H,6H2/q-1/t8-/m0/s1. The summed E-state index contributed by atoms with van der Waals surface area (Å²) in [6, 6.07) is 8.83. The van der Waals surface area contributed by atoms with E-state index in [1.54, 1.807) is 0 Å². The maximum Gasteiger partial charge on any atom is 0.0308 e. The van der Waals surface area contributed by atoms with Crippen LogP contribution in [-0.4, -0.2) is 11.7 Å². The minimum absolute atomic E-state index is 0.107. The van der Waals surface area contributed by atoms with Crippen LogP contribution in [0.5, 0.6) is 0 Å². The monoisotopic (exact) mass is 136 g/mol. The van der Waals surface area contributed by atoms with Crippen molar-refractivity contribution in [2.75, 3.05) is 6.61 Å². The van der Waals surface area contributed by atoms with Crippen LogP contribution in [0.25, 0.3) is 5.73 Å². The first-order chi connectivity index (χ1) is 4.84. The van der Waals surface area contributed by atoms with Crippen molar-refractivity contribution in [2.45, 2.75) is 6.04 Å². The lowest BCUT2D eigenvalue weighted by Gasteiger charge is -2.16. The highest BCUT2D eigenvalue weighted by Crippen LogP contribution is 2.13. The van der Waals surface area contributed by atoms with Crippen molar-refractivity contribution in [1.29, 1.82) is 0 Å². The second kappa shape index (κ2) is 3.34. The van der Waals surface area contributed by atoms with Crippen LogP contribution in [0.3, 0.4) is 0 Å². The molecule has 0 amide bonds. The summed E-state index contributed by atoms with van der Waals surface area (Å²) in [5.74, 6) is 0. The Labute approximate surface area is 60.3 Å². The van der Waals surface area contributed by atoms with Crippen LogP contribution in [0.15, 0.2) is 30.3 Å². The van der Waals surface area contributed by atoms with Crippen molar-refractivity contribution < 1.29 is 5.11 Å². The lowest BCUT2D eigenvalue weighted by atomic mass is 10.1. The Kier molecular flexibility index (Phi) is 2.42. The van der Waals surface area contributed by atoms with Gasteiger partial charge in [-0.05, 0) is 0 Å². The van der Waals surface area contributed by atoms with Crippen LogP contribution in [-0.2, 0) is 0 Å². The van der Waals surface area contributed by atoms with Crippen LogP contribution in [0, 0.1) is 0 Å².